The number of aliphatic carboxylic acids is 1. The Morgan fingerprint density at radius 2 is 2.05 bits per heavy atom. The topological polar surface area (TPSA) is 84.2 Å². The Balaban J connectivity index is 2.15. The number of amides is 1. The second-order valence-electron chi connectivity index (χ2n) is 5.22. The summed E-state index contributed by atoms with van der Waals surface area (Å²) in [6.45, 7) is 3.64. The average molecular weight is 301 g/mol. The maximum absolute atomic E-state index is 12.4. The van der Waals surface area contributed by atoms with Crippen LogP contribution in [0.25, 0.3) is 0 Å². The Morgan fingerprint density at radius 3 is 2.64 bits per heavy atom. The number of aryl methyl sites for hydroxylation is 3. The minimum atomic E-state index is -0.837. The van der Waals surface area contributed by atoms with E-state index in [0.29, 0.717) is 23.4 Å². The lowest BCUT2D eigenvalue weighted by Gasteiger charge is -2.07. The highest BCUT2D eigenvalue weighted by Gasteiger charge is 2.17. The van der Waals surface area contributed by atoms with E-state index in [9.17, 15) is 9.59 Å². The quantitative estimate of drug-likeness (QED) is 0.887. The Morgan fingerprint density at radius 1 is 1.32 bits per heavy atom. The number of carboxylic acids is 1. The molecule has 1 aromatic heterocycles. The standard InChI is InChI=1S/C16H19N3O3/c1-10-15(11(2)19(3)18-10)16(22)17-13-6-4-5-12(9-13)7-8-14(20)21/h4-6,9H,7-8H2,1-3H3,(H,17,22)(H,20,21). The van der Waals surface area contributed by atoms with Crippen LogP contribution in [-0.4, -0.2) is 26.8 Å². The van der Waals surface area contributed by atoms with E-state index in [0.717, 1.165) is 11.3 Å². The van der Waals surface area contributed by atoms with E-state index in [1.54, 1.807) is 36.9 Å². The fraction of sp³-hybridized carbons (Fsp3) is 0.312. The number of carbonyl (C=O) groups is 2. The summed E-state index contributed by atoms with van der Waals surface area (Å²) in [5, 5.41) is 15.8. The van der Waals surface area contributed by atoms with Gasteiger partial charge in [-0.1, -0.05) is 12.1 Å². The van der Waals surface area contributed by atoms with Crippen LogP contribution in [-0.2, 0) is 18.3 Å². The van der Waals surface area contributed by atoms with Gasteiger partial charge >= 0.3 is 5.97 Å². The average Bonchev–Trinajstić information content (AvgIpc) is 2.70. The number of nitrogens with one attached hydrogen (secondary N) is 1. The summed E-state index contributed by atoms with van der Waals surface area (Å²) >= 11 is 0. The van der Waals surface area contributed by atoms with E-state index in [1.165, 1.54) is 0 Å². The van der Waals surface area contributed by atoms with Gasteiger partial charge in [-0.15, -0.1) is 0 Å². The lowest BCUT2D eigenvalue weighted by Crippen LogP contribution is -2.14. The molecule has 0 radical (unpaired) electrons. The highest BCUT2D eigenvalue weighted by atomic mass is 16.4. The van der Waals surface area contributed by atoms with Crippen molar-refractivity contribution in [2.45, 2.75) is 26.7 Å². The summed E-state index contributed by atoms with van der Waals surface area (Å²) < 4.78 is 1.67. The molecule has 0 unspecified atom stereocenters. The zero-order valence-corrected chi connectivity index (χ0v) is 12.9. The third kappa shape index (κ3) is 3.52. The Labute approximate surface area is 128 Å². The number of rotatable bonds is 5. The minimum Gasteiger partial charge on any atom is -0.481 e. The van der Waals surface area contributed by atoms with Crippen molar-refractivity contribution < 1.29 is 14.7 Å². The van der Waals surface area contributed by atoms with Gasteiger partial charge in [-0.2, -0.15) is 5.10 Å². The first-order valence-electron chi connectivity index (χ1n) is 7.00. The molecule has 0 saturated carbocycles. The molecule has 0 aliphatic carbocycles. The van der Waals surface area contributed by atoms with Gasteiger partial charge in [0.2, 0.25) is 0 Å². The van der Waals surface area contributed by atoms with E-state index in [-0.39, 0.29) is 12.3 Å². The van der Waals surface area contributed by atoms with Crippen molar-refractivity contribution >= 4 is 17.6 Å². The number of aromatic nitrogens is 2. The highest BCUT2D eigenvalue weighted by Crippen LogP contribution is 2.17. The Hall–Kier alpha value is -2.63. The molecule has 22 heavy (non-hydrogen) atoms. The molecule has 0 aliphatic heterocycles. The molecule has 0 fully saturated rings. The smallest absolute Gasteiger partial charge is 0.303 e. The van der Waals surface area contributed by atoms with E-state index >= 15 is 0 Å². The van der Waals surface area contributed by atoms with Gasteiger partial charge < -0.3 is 10.4 Å². The number of benzene rings is 1. The fourth-order valence-electron chi connectivity index (χ4n) is 2.35. The molecular formula is C16H19N3O3. The molecule has 0 aliphatic rings. The third-order valence-corrected chi connectivity index (χ3v) is 3.55. The Bertz CT molecular complexity index is 719. The summed E-state index contributed by atoms with van der Waals surface area (Å²) in [6, 6.07) is 7.22. The van der Waals surface area contributed by atoms with Crippen LogP contribution in [0.15, 0.2) is 24.3 Å². The van der Waals surface area contributed by atoms with Gasteiger partial charge in [-0.3, -0.25) is 14.3 Å². The van der Waals surface area contributed by atoms with Gasteiger partial charge in [0.25, 0.3) is 5.91 Å². The predicted molar refractivity (Wildman–Crippen MR) is 83.0 cm³/mol. The first-order valence-corrected chi connectivity index (χ1v) is 7.00. The molecule has 0 spiro atoms. The molecule has 0 saturated heterocycles. The second-order valence-corrected chi connectivity index (χ2v) is 5.22. The van der Waals surface area contributed by atoms with Gasteiger partial charge in [-0.25, -0.2) is 0 Å². The molecule has 1 amide bonds. The van der Waals surface area contributed by atoms with Crippen molar-refractivity contribution in [1.82, 2.24) is 9.78 Å². The van der Waals surface area contributed by atoms with Crippen LogP contribution in [0.1, 0.15) is 33.7 Å². The van der Waals surface area contributed by atoms with Crippen LogP contribution in [0.5, 0.6) is 0 Å². The number of hydrogen-bond donors (Lipinski definition) is 2. The number of hydrogen-bond acceptors (Lipinski definition) is 3. The predicted octanol–water partition coefficient (Wildman–Crippen LogP) is 2.31. The van der Waals surface area contributed by atoms with Gasteiger partial charge in [0.1, 0.15) is 0 Å². The van der Waals surface area contributed by atoms with Crippen molar-refractivity contribution in [2.24, 2.45) is 7.05 Å². The van der Waals surface area contributed by atoms with E-state index in [4.69, 9.17) is 5.11 Å². The number of carboxylic acid groups (broad SMARTS) is 1. The van der Waals surface area contributed by atoms with Crippen molar-refractivity contribution in [3.63, 3.8) is 0 Å². The van der Waals surface area contributed by atoms with Crippen LogP contribution in [0, 0.1) is 13.8 Å². The van der Waals surface area contributed by atoms with Crippen molar-refractivity contribution in [2.75, 3.05) is 5.32 Å². The normalized spacial score (nSPS) is 10.5. The molecule has 6 nitrogen and oxygen atoms in total. The van der Waals surface area contributed by atoms with Crippen molar-refractivity contribution in [3.8, 4) is 0 Å². The molecule has 6 heteroatoms. The summed E-state index contributed by atoms with van der Waals surface area (Å²) in [5.74, 6) is -1.05. The molecule has 2 aromatic rings. The molecular weight excluding hydrogens is 282 g/mol. The summed E-state index contributed by atoms with van der Waals surface area (Å²) in [4.78, 5) is 23.0. The van der Waals surface area contributed by atoms with Crippen LogP contribution in [0.2, 0.25) is 0 Å². The van der Waals surface area contributed by atoms with Gasteiger partial charge in [-0.05, 0) is 38.0 Å². The SMILES string of the molecule is Cc1nn(C)c(C)c1C(=O)Nc1cccc(CCC(=O)O)c1. The molecule has 0 atom stereocenters. The number of nitrogens with zero attached hydrogens (tertiary/aromatic N) is 2. The van der Waals surface area contributed by atoms with Crippen LogP contribution >= 0.6 is 0 Å². The van der Waals surface area contributed by atoms with Crippen molar-refractivity contribution in [1.29, 1.82) is 0 Å². The first-order chi connectivity index (χ1) is 10.4. The summed E-state index contributed by atoms with van der Waals surface area (Å²) in [6.07, 6.45) is 0.502. The number of carbonyl (C=O) groups excluding carboxylic acids is 1. The van der Waals surface area contributed by atoms with E-state index in [2.05, 4.69) is 10.4 Å². The summed E-state index contributed by atoms with van der Waals surface area (Å²) in [7, 11) is 1.80. The monoisotopic (exact) mass is 301 g/mol. The van der Waals surface area contributed by atoms with E-state index in [1.807, 2.05) is 13.0 Å². The van der Waals surface area contributed by atoms with Gasteiger partial charge in [0.15, 0.2) is 0 Å². The van der Waals surface area contributed by atoms with Gasteiger partial charge in [0.05, 0.1) is 11.3 Å². The molecule has 1 aromatic carbocycles. The molecule has 2 rings (SSSR count). The number of anilines is 1. The molecule has 0 bridgehead atoms. The Kier molecular flexibility index (Phi) is 4.60. The van der Waals surface area contributed by atoms with Crippen LogP contribution in [0.3, 0.4) is 0 Å². The second kappa shape index (κ2) is 6.43. The maximum atomic E-state index is 12.4. The van der Waals surface area contributed by atoms with Crippen molar-refractivity contribution in [3.05, 3.63) is 46.8 Å². The largest absolute Gasteiger partial charge is 0.481 e. The molecule has 116 valence electrons. The highest BCUT2D eigenvalue weighted by molar-refractivity contribution is 6.05. The minimum absolute atomic E-state index is 0.0677. The third-order valence-electron chi connectivity index (χ3n) is 3.55. The van der Waals surface area contributed by atoms with Crippen LogP contribution < -0.4 is 5.32 Å². The zero-order valence-electron chi connectivity index (χ0n) is 12.9. The van der Waals surface area contributed by atoms with Crippen LogP contribution in [0.4, 0.5) is 5.69 Å². The molecule has 2 N–H and O–H groups in total. The molecule has 1 heterocycles. The summed E-state index contributed by atoms with van der Waals surface area (Å²) in [5.41, 5.74) is 3.57. The maximum Gasteiger partial charge on any atom is 0.303 e. The first kappa shape index (κ1) is 15.8. The zero-order chi connectivity index (χ0) is 16.3. The van der Waals surface area contributed by atoms with Gasteiger partial charge in [0, 0.05) is 24.8 Å². The van der Waals surface area contributed by atoms with E-state index < -0.39 is 5.97 Å². The fourth-order valence-corrected chi connectivity index (χ4v) is 2.35. The lowest BCUT2D eigenvalue weighted by atomic mass is 10.1. The lowest BCUT2D eigenvalue weighted by molar-refractivity contribution is -0.136.